The highest BCUT2D eigenvalue weighted by molar-refractivity contribution is 5.86. The van der Waals surface area contributed by atoms with Gasteiger partial charge in [-0.2, -0.15) is 0 Å². The Labute approximate surface area is 194 Å². The molecule has 0 aliphatic heterocycles. The Bertz CT molecular complexity index is 979. The summed E-state index contributed by atoms with van der Waals surface area (Å²) in [5, 5.41) is 23.0. The van der Waals surface area contributed by atoms with Gasteiger partial charge in [0.05, 0.1) is 19.8 Å². The number of aliphatic hydroxyl groups excluding tert-OH is 2. The molecule has 0 unspecified atom stereocenters. The number of ether oxygens (including phenoxy) is 1. The number of nitrogens with zero attached hydrogens (tertiary/aromatic N) is 1. The average molecular weight is 458 g/mol. The Morgan fingerprint density at radius 1 is 1.24 bits per heavy atom. The van der Waals surface area contributed by atoms with Crippen LogP contribution in [0.2, 0.25) is 0 Å². The summed E-state index contributed by atoms with van der Waals surface area (Å²) in [4.78, 5) is 33.5. The van der Waals surface area contributed by atoms with Gasteiger partial charge in [-0.15, -0.1) is 0 Å². The Morgan fingerprint density at radius 2 is 2.03 bits per heavy atom. The number of aromatic nitrogens is 2. The fourth-order valence-corrected chi connectivity index (χ4v) is 4.85. The Kier molecular flexibility index (Phi) is 7.05. The second-order valence-electron chi connectivity index (χ2n) is 9.91. The second-order valence-corrected chi connectivity index (χ2v) is 9.91. The summed E-state index contributed by atoms with van der Waals surface area (Å²) in [5.74, 6) is -1.06. The number of carbonyl (C=O) groups is 2. The number of pyridine rings is 1. The number of aliphatic hydroxyl groups is 2. The third-order valence-electron chi connectivity index (χ3n) is 7.54. The van der Waals surface area contributed by atoms with Gasteiger partial charge in [-0.25, -0.2) is 4.79 Å². The van der Waals surface area contributed by atoms with Crippen LogP contribution in [0.1, 0.15) is 57.6 Å². The van der Waals surface area contributed by atoms with E-state index in [0.717, 1.165) is 68.0 Å². The van der Waals surface area contributed by atoms with Crippen molar-refractivity contribution in [1.82, 2.24) is 15.3 Å². The zero-order valence-corrected chi connectivity index (χ0v) is 19.3. The standard InChI is InChI=1S/C25H35N3O5/c1-2-3-18(22(31)28-21(14-29)23(32)33-16-24(15-30)8-9-24)25(10-11-25)7-4-19-17-5-12-26-20(17)6-13-27-19/h5-6,12-13,18,21,26,29-30H,2-4,7-11,14-16H2,1H3,(H,28,31)/t18-,21-/m1/s1. The number of aryl methyl sites for hydroxylation is 1. The van der Waals surface area contributed by atoms with Crippen LogP contribution in [0.3, 0.4) is 0 Å². The largest absolute Gasteiger partial charge is 0.463 e. The zero-order valence-electron chi connectivity index (χ0n) is 19.3. The maximum absolute atomic E-state index is 13.3. The summed E-state index contributed by atoms with van der Waals surface area (Å²) in [6.07, 6.45) is 10.5. The number of rotatable bonds is 13. The van der Waals surface area contributed by atoms with Gasteiger partial charge < -0.3 is 25.3 Å². The molecule has 0 saturated heterocycles. The number of amides is 1. The van der Waals surface area contributed by atoms with Crippen molar-refractivity contribution in [3.63, 3.8) is 0 Å². The normalized spacial score (nSPS) is 19.6. The van der Waals surface area contributed by atoms with Crippen molar-refractivity contribution in [1.29, 1.82) is 0 Å². The van der Waals surface area contributed by atoms with Crippen LogP contribution in [0.15, 0.2) is 24.5 Å². The third-order valence-corrected chi connectivity index (χ3v) is 7.54. The summed E-state index contributed by atoms with van der Waals surface area (Å²) < 4.78 is 5.31. The number of esters is 1. The van der Waals surface area contributed by atoms with Gasteiger partial charge in [-0.3, -0.25) is 9.78 Å². The van der Waals surface area contributed by atoms with Gasteiger partial charge in [0.1, 0.15) is 0 Å². The summed E-state index contributed by atoms with van der Waals surface area (Å²) in [5.41, 5.74) is 1.66. The van der Waals surface area contributed by atoms with E-state index in [1.807, 2.05) is 24.5 Å². The van der Waals surface area contributed by atoms with Crippen LogP contribution in [-0.4, -0.2) is 57.9 Å². The van der Waals surface area contributed by atoms with Crippen molar-refractivity contribution < 1.29 is 24.5 Å². The average Bonchev–Trinajstić information content (AvgIpc) is 3.74. The van der Waals surface area contributed by atoms with E-state index in [9.17, 15) is 19.8 Å². The Balaban J connectivity index is 1.38. The number of aromatic amines is 1. The molecular formula is C25H35N3O5. The minimum Gasteiger partial charge on any atom is -0.463 e. The molecule has 2 aromatic heterocycles. The van der Waals surface area contributed by atoms with Gasteiger partial charge >= 0.3 is 5.97 Å². The van der Waals surface area contributed by atoms with E-state index in [1.54, 1.807) is 0 Å². The van der Waals surface area contributed by atoms with E-state index in [2.05, 4.69) is 22.2 Å². The molecule has 0 radical (unpaired) electrons. The molecule has 2 aliphatic carbocycles. The topological polar surface area (TPSA) is 125 Å². The highest BCUT2D eigenvalue weighted by atomic mass is 16.5. The van der Waals surface area contributed by atoms with Crippen LogP contribution >= 0.6 is 0 Å². The molecule has 180 valence electrons. The number of nitrogens with one attached hydrogen (secondary N) is 2. The van der Waals surface area contributed by atoms with Crippen molar-refractivity contribution in [2.45, 2.75) is 64.3 Å². The molecule has 2 aromatic rings. The van der Waals surface area contributed by atoms with Crippen LogP contribution in [-0.2, 0) is 20.7 Å². The van der Waals surface area contributed by atoms with Crippen LogP contribution < -0.4 is 5.32 Å². The number of hydrogen-bond donors (Lipinski definition) is 4. The first kappa shape index (κ1) is 23.7. The van der Waals surface area contributed by atoms with E-state index in [1.165, 1.54) is 0 Å². The van der Waals surface area contributed by atoms with Crippen LogP contribution in [0.5, 0.6) is 0 Å². The lowest BCUT2D eigenvalue weighted by atomic mass is 9.80. The first-order valence-electron chi connectivity index (χ1n) is 12.1. The van der Waals surface area contributed by atoms with Gasteiger partial charge in [-0.1, -0.05) is 13.3 Å². The molecule has 4 rings (SSSR count). The molecule has 2 fully saturated rings. The molecule has 0 aromatic carbocycles. The molecule has 33 heavy (non-hydrogen) atoms. The van der Waals surface area contributed by atoms with Crippen molar-refractivity contribution in [3.8, 4) is 0 Å². The van der Waals surface area contributed by atoms with Gasteiger partial charge in [0.15, 0.2) is 6.04 Å². The van der Waals surface area contributed by atoms with Gasteiger partial charge in [0, 0.05) is 40.3 Å². The van der Waals surface area contributed by atoms with Crippen LogP contribution in [0, 0.1) is 16.7 Å². The smallest absolute Gasteiger partial charge is 0.331 e. The second kappa shape index (κ2) is 9.81. The summed E-state index contributed by atoms with van der Waals surface area (Å²) in [6.45, 7) is 1.64. The number of carbonyl (C=O) groups excluding carboxylic acids is 2. The minimum absolute atomic E-state index is 0.0249. The highest BCUT2D eigenvalue weighted by Crippen LogP contribution is 2.57. The zero-order chi connectivity index (χ0) is 23.5. The van der Waals surface area contributed by atoms with Gasteiger partial charge in [-0.05, 0) is 62.5 Å². The lowest BCUT2D eigenvalue weighted by Gasteiger charge is -2.28. The lowest BCUT2D eigenvalue weighted by Crippen LogP contribution is -2.48. The van der Waals surface area contributed by atoms with Crippen molar-refractivity contribution in [3.05, 3.63) is 30.2 Å². The fourth-order valence-electron chi connectivity index (χ4n) is 4.85. The first-order chi connectivity index (χ1) is 16.0. The van der Waals surface area contributed by atoms with Gasteiger partial charge in [0.25, 0.3) is 0 Å². The number of hydrogen-bond acceptors (Lipinski definition) is 6. The summed E-state index contributed by atoms with van der Waals surface area (Å²) in [7, 11) is 0. The van der Waals surface area contributed by atoms with Gasteiger partial charge in [0.2, 0.25) is 5.91 Å². The quantitative estimate of drug-likeness (QED) is 0.343. The molecule has 2 heterocycles. The van der Waals surface area contributed by atoms with E-state index >= 15 is 0 Å². The molecule has 2 atom stereocenters. The molecular weight excluding hydrogens is 422 g/mol. The SMILES string of the molecule is CCC[C@H](C(=O)N[C@H](CO)C(=O)OCC1(CO)CC1)C1(CCc2nccc3[nH]ccc23)CC1. The van der Waals surface area contributed by atoms with E-state index in [-0.39, 0.29) is 35.9 Å². The lowest BCUT2D eigenvalue weighted by molar-refractivity contribution is -0.152. The highest BCUT2D eigenvalue weighted by Gasteiger charge is 2.51. The van der Waals surface area contributed by atoms with Crippen molar-refractivity contribution in [2.75, 3.05) is 19.8 Å². The Hall–Kier alpha value is -2.45. The van der Waals surface area contributed by atoms with Crippen LogP contribution in [0.4, 0.5) is 0 Å². The maximum Gasteiger partial charge on any atom is 0.331 e. The fraction of sp³-hybridized carbons (Fsp3) is 0.640. The van der Waals surface area contributed by atoms with E-state index < -0.39 is 18.6 Å². The third kappa shape index (κ3) is 5.22. The molecule has 0 bridgehead atoms. The monoisotopic (exact) mass is 457 g/mol. The van der Waals surface area contributed by atoms with E-state index in [4.69, 9.17) is 4.74 Å². The van der Waals surface area contributed by atoms with Crippen LogP contribution in [0.25, 0.3) is 10.9 Å². The molecule has 2 saturated carbocycles. The summed E-state index contributed by atoms with van der Waals surface area (Å²) >= 11 is 0. The van der Waals surface area contributed by atoms with Crippen molar-refractivity contribution in [2.24, 2.45) is 16.7 Å². The molecule has 4 N–H and O–H groups in total. The number of H-pyrrole nitrogens is 1. The number of fused-ring (bicyclic) bond motifs is 1. The molecule has 1 amide bonds. The first-order valence-corrected chi connectivity index (χ1v) is 12.1. The minimum atomic E-state index is -1.09. The molecule has 8 nitrogen and oxygen atoms in total. The van der Waals surface area contributed by atoms with E-state index in [0.29, 0.717) is 0 Å². The predicted octanol–water partition coefficient (Wildman–Crippen LogP) is 2.48. The Morgan fingerprint density at radius 3 is 2.67 bits per heavy atom. The molecule has 0 spiro atoms. The maximum atomic E-state index is 13.3. The summed E-state index contributed by atoms with van der Waals surface area (Å²) in [6, 6.07) is 2.91. The molecule has 8 heteroatoms. The van der Waals surface area contributed by atoms with Crippen molar-refractivity contribution >= 4 is 22.8 Å². The predicted molar refractivity (Wildman–Crippen MR) is 123 cm³/mol. The molecule has 2 aliphatic rings.